The molecule has 0 fully saturated rings. The summed E-state index contributed by atoms with van der Waals surface area (Å²) in [6, 6.07) is 0. The molecule has 2 nitrogen and oxygen atoms in total. The zero-order valence-corrected chi connectivity index (χ0v) is 13.6. The van der Waals surface area contributed by atoms with Gasteiger partial charge in [-0.15, -0.1) is 0 Å². The van der Waals surface area contributed by atoms with Crippen molar-refractivity contribution in [1.82, 2.24) is 0 Å². The molecule has 0 aromatic heterocycles. The number of hydrogen-bond acceptors (Lipinski definition) is 2. The Kier molecular flexibility index (Phi) is 5.35. The molecule has 104 valence electrons. The predicted octanol–water partition coefficient (Wildman–Crippen LogP) is 4.32. The molecule has 1 rings (SSSR count). The molecule has 0 radical (unpaired) electrons. The SMILES string of the molecule is CC(C)(C)[Si](C)(C)OCCCC1C=CC(=O)CC1. The number of rotatable bonds is 5. The zero-order chi connectivity index (χ0) is 13.8. The quantitative estimate of drug-likeness (QED) is 0.548. The fourth-order valence-corrected chi connectivity index (χ4v) is 2.97. The molecular formula is C15H28O2Si. The van der Waals surface area contributed by atoms with Crippen LogP contribution < -0.4 is 0 Å². The van der Waals surface area contributed by atoms with Crippen LogP contribution in [0.5, 0.6) is 0 Å². The standard InChI is InChI=1S/C15H28O2Si/c1-15(2,3)18(4,5)17-12-6-7-13-8-10-14(16)11-9-13/h8,10,13H,6-7,9,11-12H2,1-5H3. The van der Waals surface area contributed by atoms with Crippen molar-refractivity contribution in [3.8, 4) is 0 Å². The van der Waals surface area contributed by atoms with E-state index in [2.05, 4.69) is 39.9 Å². The van der Waals surface area contributed by atoms with Crippen LogP contribution in [0.15, 0.2) is 12.2 Å². The van der Waals surface area contributed by atoms with Crippen LogP contribution in [0.3, 0.4) is 0 Å². The molecular weight excluding hydrogens is 240 g/mol. The van der Waals surface area contributed by atoms with Gasteiger partial charge in [0, 0.05) is 13.0 Å². The van der Waals surface area contributed by atoms with Crippen LogP contribution in [0.2, 0.25) is 18.1 Å². The van der Waals surface area contributed by atoms with E-state index in [0.29, 0.717) is 11.0 Å². The number of carbonyl (C=O) groups excluding carboxylic acids is 1. The molecule has 0 aliphatic heterocycles. The summed E-state index contributed by atoms with van der Waals surface area (Å²) >= 11 is 0. The van der Waals surface area contributed by atoms with E-state index in [1.165, 1.54) is 0 Å². The fourth-order valence-electron chi connectivity index (χ4n) is 1.88. The summed E-state index contributed by atoms with van der Waals surface area (Å²) < 4.78 is 6.15. The van der Waals surface area contributed by atoms with Gasteiger partial charge in [0.05, 0.1) is 0 Å². The minimum Gasteiger partial charge on any atom is -0.417 e. The van der Waals surface area contributed by atoms with Gasteiger partial charge in [-0.2, -0.15) is 0 Å². The Bertz CT molecular complexity index is 313. The topological polar surface area (TPSA) is 26.3 Å². The van der Waals surface area contributed by atoms with Crippen molar-refractivity contribution in [2.24, 2.45) is 5.92 Å². The highest BCUT2D eigenvalue weighted by Crippen LogP contribution is 2.36. The molecule has 1 atom stereocenters. The lowest BCUT2D eigenvalue weighted by molar-refractivity contribution is -0.115. The Labute approximate surface area is 113 Å². The smallest absolute Gasteiger partial charge is 0.191 e. The van der Waals surface area contributed by atoms with E-state index >= 15 is 0 Å². The van der Waals surface area contributed by atoms with Crippen molar-refractivity contribution < 1.29 is 9.22 Å². The molecule has 1 aliphatic carbocycles. The molecule has 0 saturated heterocycles. The van der Waals surface area contributed by atoms with Crippen LogP contribution in [0.1, 0.15) is 46.5 Å². The molecule has 0 aromatic rings. The fraction of sp³-hybridized carbons (Fsp3) is 0.800. The van der Waals surface area contributed by atoms with Gasteiger partial charge in [-0.1, -0.05) is 26.8 Å². The summed E-state index contributed by atoms with van der Waals surface area (Å²) in [5.41, 5.74) is 0. The summed E-state index contributed by atoms with van der Waals surface area (Å²) in [5.74, 6) is 0.870. The van der Waals surface area contributed by atoms with Gasteiger partial charge in [0.25, 0.3) is 0 Å². The Balaban J connectivity index is 2.23. The van der Waals surface area contributed by atoms with Crippen molar-refractivity contribution in [3.63, 3.8) is 0 Å². The van der Waals surface area contributed by atoms with Gasteiger partial charge in [-0.05, 0) is 49.4 Å². The lowest BCUT2D eigenvalue weighted by Crippen LogP contribution is -2.41. The monoisotopic (exact) mass is 268 g/mol. The van der Waals surface area contributed by atoms with E-state index in [1.807, 2.05) is 0 Å². The van der Waals surface area contributed by atoms with E-state index in [1.54, 1.807) is 6.08 Å². The molecule has 0 N–H and O–H groups in total. The van der Waals surface area contributed by atoms with Crippen LogP contribution in [0, 0.1) is 5.92 Å². The summed E-state index contributed by atoms with van der Waals surface area (Å²) in [6.45, 7) is 12.3. The molecule has 0 amide bonds. The summed E-state index contributed by atoms with van der Waals surface area (Å²) in [5, 5.41) is 0.296. The maximum Gasteiger partial charge on any atom is 0.191 e. The van der Waals surface area contributed by atoms with Crippen LogP contribution >= 0.6 is 0 Å². The van der Waals surface area contributed by atoms with Gasteiger partial charge in [0.1, 0.15) is 0 Å². The first-order valence-electron chi connectivity index (χ1n) is 7.07. The number of allylic oxidation sites excluding steroid dienone is 2. The average Bonchev–Trinajstić information content (AvgIpc) is 2.25. The summed E-state index contributed by atoms with van der Waals surface area (Å²) in [7, 11) is -1.57. The molecule has 18 heavy (non-hydrogen) atoms. The number of hydrogen-bond donors (Lipinski definition) is 0. The second-order valence-electron chi connectivity index (χ2n) is 6.88. The largest absolute Gasteiger partial charge is 0.417 e. The predicted molar refractivity (Wildman–Crippen MR) is 79.3 cm³/mol. The minimum atomic E-state index is -1.57. The first-order valence-corrected chi connectivity index (χ1v) is 9.98. The van der Waals surface area contributed by atoms with Gasteiger partial charge in [-0.25, -0.2) is 0 Å². The van der Waals surface area contributed by atoms with E-state index in [-0.39, 0.29) is 5.78 Å². The van der Waals surface area contributed by atoms with Crippen molar-refractivity contribution in [3.05, 3.63) is 12.2 Å². The van der Waals surface area contributed by atoms with E-state index in [4.69, 9.17) is 4.43 Å². The van der Waals surface area contributed by atoms with Crippen LogP contribution in [-0.4, -0.2) is 20.7 Å². The van der Waals surface area contributed by atoms with E-state index in [0.717, 1.165) is 32.3 Å². The minimum absolute atomic E-state index is 0.281. The molecule has 1 aliphatic rings. The van der Waals surface area contributed by atoms with Gasteiger partial charge < -0.3 is 4.43 Å². The van der Waals surface area contributed by atoms with Crippen LogP contribution in [0.25, 0.3) is 0 Å². The van der Waals surface area contributed by atoms with Crippen molar-refractivity contribution in [2.75, 3.05) is 6.61 Å². The first-order chi connectivity index (χ1) is 8.22. The molecule has 0 bridgehead atoms. The Morgan fingerprint density at radius 2 is 2.06 bits per heavy atom. The highest BCUT2D eigenvalue weighted by Gasteiger charge is 2.36. The van der Waals surface area contributed by atoms with Crippen molar-refractivity contribution in [2.45, 2.75) is 64.6 Å². The zero-order valence-electron chi connectivity index (χ0n) is 12.6. The van der Waals surface area contributed by atoms with E-state index in [9.17, 15) is 4.79 Å². The second kappa shape index (κ2) is 6.16. The van der Waals surface area contributed by atoms with Crippen molar-refractivity contribution in [1.29, 1.82) is 0 Å². The molecule has 0 heterocycles. The summed E-state index contributed by atoms with van der Waals surface area (Å²) in [4.78, 5) is 11.1. The lowest BCUT2D eigenvalue weighted by atomic mass is 9.91. The number of carbonyl (C=O) groups is 1. The third kappa shape index (κ3) is 4.69. The molecule has 1 unspecified atom stereocenters. The second-order valence-corrected chi connectivity index (χ2v) is 11.7. The van der Waals surface area contributed by atoms with Crippen molar-refractivity contribution >= 4 is 14.1 Å². The summed E-state index contributed by atoms with van der Waals surface area (Å²) in [6.07, 6.45) is 7.84. The Hall–Kier alpha value is -0.413. The van der Waals surface area contributed by atoms with Crippen LogP contribution in [0.4, 0.5) is 0 Å². The van der Waals surface area contributed by atoms with Crippen LogP contribution in [-0.2, 0) is 9.22 Å². The molecule has 0 aromatic carbocycles. The molecule has 0 saturated carbocycles. The number of ketones is 1. The highest BCUT2D eigenvalue weighted by atomic mass is 28.4. The first kappa shape index (κ1) is 15.6. The van der Waals surface area contributed by atoms with Gasteiger partial charge in [0.2, 0.25) is 0 Å². The molecule has 3 heteroatoms. The van der Waals surface area contributed by atoms with Gasteiger partial charge in [-0.3, -0.25) is 4.79 Å². The maximum atomic E-state index is 11.1. The third-order valence-electron chi connectivity index (χ3n) is 4.30. The van der Waals surface area contributed by atoms with Gasteiger partial charge in [0.15, 0.2) is 14.1 Å². The van der Waals surface area contributed by atoms with Gasteiger partial charge >= 0.3 is 0 Å². The molecule has 0 spiro atoms. The van der Waals surface area contributed by atoms with E-state index < -0.39 is 8.32 Å². The maximum absolute atomic E-state index is 11.1. The lowest BCUT2D eigenvalue weighted by Gasteiger charge is -2.36. The third-order valence-corrected chi connectivity index (χ3v) is 8.84. The Morgan fingerprint density at radius 3 is 2.56 bits per heavy atom. The average molecular weight is 268 g/mol. The Morgan fingerprint density at radius 1 is 1.39 bits per heavy atom. The highest BCUT2D eigenvalue weighted by molar-refractivity contribution is 6.74. The normalized spacial score (nSPS) is 21.4.